The molecule has 0 spiro atoms. The molecule has 1 saturated heterocycles. The molecule has 7 heteroatoms. The van der Waals surface area contributed by atoms with Crippen molar-refractivity contribution < 1.29 is 33.9 Å². The molecule has 2 N–H and O–H groups in total. The van der Waals surface area contributed by atoms with E-state index in [2.05, 4.69) is 0 Å². The minimum atomic E-state index is -0.969. The lowest BCUT2D eigenvalue weighted by molar-refractivity contribution is -0.109. The van der Waals surface area contributed by atoms with Gasteiger partial charge in [-0.25, -0.2) is 0 Å². The van der Waals surface area contributed by atoms with E-state index in [1.54, 1.807) is 0 Å². The molecule has 3 aliphatic rings. The Balaban J connectivity index is 1.39. The van der Waals surface area contributed by atoms with E-state index >= 15 is 0 Å². The molecule has 0 amide bonds. The van der Waals surface area contributed by atoms with Crippen LogP contribution >= 0.6 is 0 Å². The Morgan fingerprint density at radius 1 is 0.815 bits per heavy atom. The molecule has 5 rings (SSSR count). The second kappa shape index (κ2) is 6.60. The second-order valence-corrected chi connectivity index (χ2v) is 6.96. The smallest absolute Gasteiger partial charge is 0.231 e. The molecule has 2 aromatic carbocycles. The van der Waals surface area contributed by atoms with Crippen LogP contribution in [0.4, 0.5) is 0 Å². The van der Waals surface area contributed by atoms with Crippen LogP contribution in [0.1, 0.15) is 17.2 Å². The van der Waals surface area contributed by atoms with Crippen molar-refractivity contribution in [2.24, 2.45) is 11.8 Å². The fraction of sp³-hybridized carbons (Fsp3) is 0.400. The molecule has 0 aromatic heterocycles. The third-order valence-electron chi connectivity index (χ3n) is 5.44. The maximum Gasteiger partial charge on any atom is 0.231 e. The van der Waals surface area contributed by atoms with Gasteiger partial charge in [0.25, 0.3) is 0 Å². The van der Waals surface area contributed by atoms with Crippen LogP contribution in [-0.4, -0.2) is 36.7 Å². The minimum Gasteiger partial charge on any atom is -0.454 e. The summed E-state index contributed by atoms with van der Waals surface area (Å²) in [5.41, 5.74) is 1.85. The number of hydrogen-bond donors (Lipinski definition) is 2. The molecule has 4 atom stereocenters. The van der Waals surface area contributed by atoms with Gasteiger partial charge in [0.05, 0.1) is 6.10 Å². The SMILES string of the molecule is OC[C@H]1[C@@H](Cc2ccc3c(c2)OCO3)[C@H](O)O[C@@H]1c1ccc2c(c1)OCO2. The summed E-state index contributed by atoms with van der Waals surface area (Å²) in [6, 6.07) is 11.3. The molecule has 0 unspecified atom stereocenters. The first kappa shape index (κ1) is 16.7. The van der Waals surface area contributed by atoms with Crippen molar-refractivity contribution in [2.45, 2.75) is 18.8 Å². The Kier molecular flexibility index (Phi) is 4.07. The van der Waals surface area contributed by atoms with E-state index in [4.69, 9.17) is 23.7 Å². The number of fused-ring (bicyclic) bond motifs is 2. The van der Waals surface area contributed by atoms with E-state index in [1.807, 2.05) is 36.4 Å². The van der Waals surface area contributed by atoms with Crippen molar-refractivity contribution in [1.29, 1.82) is 0 Å². The summed E-state index contributed by atoms with van der Waals surface area (Å²) in [4.78, 5) is 0. The van der Waals surface area contributed by atoms with Crippen molar-refractivity contribution in [3.8, 4) is 23.0 Å². The lowest BCUT2D eigenvalue weighted by atomic mass is 9.83. The Morgan fingerprint density at radius 2 is 1.48 bits per heavy atom. The Hall–Kier alpha value is -2.48. The zero-order chi connectivity index (χ0) is 18.4. The molecular formula is C20H20O7. The molecule has 7 nitrogen and oxygen atoms in total. The summed E-state index contributed by atoms with van der Waals surface area (Å²) in [5.74, 6) is 2.28. The third kappa shape index (κ3) is 2.88. The fourth-order valence-electron chi connectivity index (χ4n) is 4.03. The zero-order valence-electron chi connectivity index (χ0n) is 14.5. The summed E-state index contributed by atoms with van der Waals surface area (Å²) >= 11 is 0. The van der Waals surface area contributed by atoms with Crippen LogP contribution in [0.15, 0.2) is 36.4 Å². The summed E-state index contributed by atoms with van der Waals surface area (Å²) in [5, 5.41) is 20.5. The van der Waals surface area contributed by atoms with Crippen LogP contribution in [0.2, 0.25) is 0 Å². The van der Waals surface area contributed by atoms with Crippen molar-refractivity contribution in [1.82, 2.24) is 0 Å². The van der Waals surface area contributed by atoms with Gasteiger partial charge in [-0.2, -0.15) is 0 Å². The van der Waals surface area contributed by atoms with Gasteiger partial charge >= 0.3 is 0 Å². The van der Waals surface area contributed by atoms with Crippen LogP contribution in [0.25, 0.3) is 0 Å². The van der Waals surface area contributed by atoms with Gasteiger partial charge in [0, 0.05) is 18.4 Å². The summed E-state index contributed by atoms with van der Waals surface area (Å²) in [6.07, 6.45) is -0.828. The molecule has 3 aliphatic heterocycles. The maximum atomic E-state index is 10.5. The third-order valence-corrected chi connectivity index (χ3v) is 5.44. The van der Waals surface area contributed by atoms with Gasteiger partial charge < -0.3 is 33.9 Å². The monoisotopic (exact) mass is 372 g/mol. The Labute approximate surface area is 156 Å². The van der Waals surface area contributed by atoms with Crippen molar-refractivity contribution in [2.75, 3.05) is 20.2 Å². The summed E-state index contributed by atoms with van der Waals surface area (Å²) in [7, 11) is 0. The Morgan fingerprint density at radius 3 is 2.22 bits per heavy atom. The van der Waals surface area contributed by atoms with Crippen molar-refractivity contribution >= 4 is 0 Å². The predicted molar refractivity (Wildman–Crippen MR) is 92.7 cm³/mol. The highest BCUT2D eigenvalue weighted by Crippen LogP contribution is 2.45. The van der Waals surface area contributed by atoms with Crippen LogP contribution < -0.4 is 18.9 Å². The summed E-state index contributed by atoms with van der Waals surface area (Å²) in [6.45, 7) is 0.327. The number of benzene rings is 2. The molecule has 1 fully saturated rings. The van der Waals surface area contributed by atoms with Gasteiger partial charge in [0.2, 0.25) is 13.6 Å². The highest BCUT2D eigenvalue weighted by Gasteiger charge is 2.44. The van der Waals surface area contributed by atoms with Crippen LogP contribution in [-0.2, 0) is 11.2 Å². The van der Waals surface area contributed by atoms with Gasteiger partial charge in [-0.15, -0.1) is 0 Å². The van der Waals surface area contributed by atoms with Crippen LogP contribution in [0.5, 0.6) is 23.0 Å². The lowest BCUT2D eigenvalue weighted by Crippen LogP contribution is -2.25. The molecule has 0 radical (unpaired) electrons. The molecule has 3 heterocycles. The maximum absolute atomic E-state index is 10.5. The molecule has 27 heavy (non-hydrogen) atoms. The highest BCUT2D eigenvalue weighted by molar-refractivity contribution is 5.46. The minimum absolute atomic E-state index is 0.0919. The average Bonchev–Trinajstić information content (AvgIpc) is 3.40. The van der Waals surface area contributed by atoms with Crippen molar-refractivity contribution in [3.63, 3.8) is 0 Å². The second-order valence-electron chi connectivity index (χ2n) is 6.96. The van der Waals surface area contributed by atoms with E-state index in [0.717, 1.165) is 16.9 Å². The van der Waals surface area contributed by atoms with Gasteiger partial charge in [-0.3, -0.25) is 0 Å². The number of hydrogen-bond acceptors (Lipinski definition) is 7. The van der Waals surface area contributed by atoms with E-state index in [9.17, 15) is 10.2 Å². The number of ether oxygens (including phenoxy) is 5. The fourth-order valence-corrected chi connectivity index (χ4v) is 4.03. The molecular weight excluding hydrogens is 352 g/mol. The molecule has 2 aromatic rings. The van der Waals surface area contributed by atoms with Gasteiger partial charge in [0.1, 0.15) is 0 Å². The molecule has 142 valence electrons. The molecule has 0 aliphatic carbocycles. The van der Waals surface area contributed by atoms with Gasteiger partial charge in [-0.1, -0.05) is 12.1 Å². The lowest BCUT2D eigenvalue weighted by Gasteiger charge is -2.21. The van der Waals surface area contributed by atoms with E-state index in [0.29, 0.717) is 23.7 Å². The van der Waals surface area contributed by atoms with E-state index in [1.165, 1.54) is 0 Å². The topological polar surface area (TPSA) is 86.6 Å². The van der Waals surface area contributed by atoms with Crippen LogP contribution in [0.3, 0.4) is 0 Å². The van der Waals surface area contributed by atoms with E-state index < -0.39 is 12.4 Å². The normalized spacial score (nSPS) is 27.9. The first-order valence-electron chi connectivity index (χ1n) is 8.95. The predicted octanol–water partition coefficient (Wildman–Crippen LogP) is 2.00. The summed E-state index contributed by atoms with van der Waals surface area (Å²) < 4.78 is 27.4. The molecule has 0 bridgehead atoms. The average molecular weight is 372 g/mol. The molecule has 0 saturated carbocycles. The van der Waals surface area contributed by atoms with Gasteiger partial charge in [0.15, 0.2) is 29.3 Å². The van der Waals surface area contributed by atoms with Crippen molar-refractivity contribution in [3.05, 3.63) is 47.5 Å². The standard InChI is InChI=1S/C20H20O7/c21-8-14-13(5-11-1-3-15-17(6-11)25-9-23-15)20(22)27-19(14)12-2-4-16-18(7-12)26-10-24-16/h1-4,6-7,13-14,19-22H,5,8-10H2/t13-,14+,19-,20-/m1/s1. The number of aliphatic hydroxyl groups is 2. The van der Waals surface area contributed by atoms with Crippen LogP contribution in [0, 0.1) is 11.8 Å². The van der Waals surface area contributed by atoms with E-state index in [-0.39, 0.29) is 32.0 Å². The number of aliphatic hydroxyl groups excluding tert-OH is 2. The first-order chi connectivity index (χ1) is 13.2. The quantitative estimate of drug-likeness (QED) is 0.849. The Bertz CT molecular complexity index is 852. The largest absolute Gasteiger partial charge is 0.454 e. The number of rotatable bonds is 4. The first-order valence-corrected chi connectivity index (χ1v) is 8.95. The van der Waals surface area contributed by atoms with Gasteiger partial charge in [-0.05, 0) is 41.8 Å². The highest BCUT2D eigenvalue weighted by atomic mass is 16.7. The zero-order valence-corrected chi connectivity index (χ0v) is 14.5.